The standard InChI is InChI=1S/C19H22N4O3/c1-3-12(2)22-17(24)13-6-10-16(11-7-13)26-18(25)14-4-8-15(9-5-14)23-19(20)21/h4-12H,3H2,1-2H3,(H,22,24)(H4,20,21,23). The van der Waals surface area contributed by atoms with E-state index in [1.165, 1.54) is 0 Å². The van der Waals surface area contributed by atoms with Crippen molar-refractivity contribution in [3.8, 4) is 5.75 Å². The van der Waals surface area contributed by atoms with Crippen LogP contribution in [0, 0.1) is 5.41 Å². The maximum Gasteiger partial charge on any atom is 0.343 e. The quantitative estimate of drug-likeness (QED) is 0.275. The molecule has 7 heteroatoms. The van der Waals surface area contributed by atoms with Crippen molar-refractivity contribution in [1.29, 1.82) is 5.41 Å². The number of benzene rings is 2. The first-order valence-corrected chi connectivity index (χ1v) is 8.23. The number of anilines is 1. The van der Waals surface area contributed by atoms with Crippen LogP contribution in [0.5, 0.6) is 5.75 Å². The van der Waals surface area contributed by atoms with Crippen LogP contribution in [0.2, 0.25) is 0 Å². The maximum absolute atomic E-state index is 12.2. The molecule has 136 valence electrons. The van der Waals surface area contributed by atoms with E-state index in [4.69, 9.17) is 15.9 Å². The first-order valence-electron chi connectivity index (χ1n) is 8.23. The van der Waals surface area contributed by atoms with E-state index in [0.717, 1.165) is 6.42 Å². The average molecular weight is 354 g/mol. The molecular formula is C19H22N4O3. The molecule has 0 aliphatic carbocycles. The molecular weight excluding hydrogens is 332 g/mol. The summed E-state index contributed by atoms with van der Waals surface area (Å²) in [6.07, 6.45) is 0.849. The number of amides is 1. The fraction of sp³-hybridized carbons (Fsp3) is 0.211. The van der Waals surface area contributed by atoms with Gasteiger partial charge in [0.05, 0.1) is 5.56 Å². The highest BCUT2D eigenvalue weighted by Crippen LogP contribution is 2.16. The molecule has 0 spiro atoms. The van der Waals surface area contributed by atoms with Crippen LogP contribution in [-0.4, -0.2) is 23.9 Å². The molecule has 0 heterocycles. The first kappa shape index (κ1) is 19.0. The van der Waals surface area contributed by atoms with Crippen LogP contribution in [0.25, 0.3) is 0 Å². The number of nitrogens with one attached hydrogen (secondary N) is 3. The molecule has 1 unspecified atom stereocenters. The third kappa shape index (κ3) is 5.34. The van der Waals surface area contributed by atoms with Gasteiger partial charge in [0.2, 0.25) is 0 Å². The molecule has 2 aromatic carbocycles. The van der Waals surface area contributed by atoms with Crippen molar-refractivity contribution in [1.82, 2.24) is 5.32 Å². The zero-order valence-electron chi connectivity index (χ0n) is 14.7. The summed E-state index contributed by atoms with van der Waals surface area (Å²) in [7, 11) is 0. The van der Waals surface area contributed by atoms with Crippen LogP contribution in [0.1, 0.15) is 41.0 Å². The Morgan fingerprint density at radius 2 is 1.65 bits per heavy atom. The van der Waals surface area contributed by atoms with Gasteiger partial charge in [-0.1, -0.05) is 6.92 Å². The second kappa shape index (κ2) is 8.66. The molecule has 1 atom stereocenters. The number of carbonyl (C=O) groups excluding carboxylic acids is 2. The second-order valence-corrected chi connectivity index (χ2v) is 5.81. The number of hydrogen-bond donors (Lipinski definition) is 4. The van der Waals surface area contributed by atoms with Crippen molar-refractivity contribution < 1.29 is 14.3 Å². The lowest BCUT2D eigenvalue weighted by molar-refractivity contribution is 0.0734. The molecule has 0 fully saturated rings. The van der Waals surface area contributed by atoms with Gasteiger partial charge in [-0.15, -0.1) is 0 Å². The molecule has 7 nitrogen and oxygen atoms in total. The minimum absolute atomic E-state index is 0.0977. The minimum Gasteiger partial charge on any atom is -0.423 e. The monoisotopic (exact) mass is 354 g/mol. The second-order valence-electron chi connectivity index (χ2n) is 5.81. The van der Waals surface area contributed by atoms with Gasteiger partial charge in [-0.25, -0.2) is 4.79 Å². The van der Waals surface area contributed by atoms with Gasteiger partial charge in [-0.3, -0.25) is 10.2 Å². The van der Waals surface area contributed by atoms with E-state index in [2.05, 4.69) is 10.6 Å². The topological polar surface area (TPSA) is 117 Å². The van der Waals surface area contributed by atoms with Crippen molar-refractivity contribution in [3.63, 3.8) is 0 Å². The van der Waals surface area contributed by atoms with Gasteiger partial charge in [0.1, 0.15) is 5.75 Å². The molecule has 0 saturated heterocycles. The highest BCUT2D eigenvalue weighted by molar-refractivity contribution is 5.95. The van der Waals surface area contributed by atoms with E-state index in [9.17, 15) is 9.59 Å². The molecule has 0 radical (unpaired) electrons. The molecule has 0 saturated carbocycles. The third-order valence-electron chi connectivity index (χ3n) is 3.72. The van der Waals surface area contributed by atoms with E-state index < -0.39 is 5.97 Å². The Morgan fingerprint density at radius 1 is 1.08 bits per heavy atom. The lowest BCUT2D eigenvalue weighted by Gasteiger charge is -2.11. The van der Waals surface area contributed by atoms with Gasteiger partial charge in [-0.2, -0.15) is 0 Å². The van der Waals surface area contributed by atoms with Crippen molar-refractivity contribution in [3.05, 3.63) is 59.7 Å². The van der Waals surface area contributed by atoms with Gasteiger partial charge in [0, 0.05) is 17.3 Å². The summed E-state index contributed by atoms with van der Waals surface area (Å²) < 4.78 is 5.30. The van der Waals surface area contributed by atoms with Crippen molar-refractivity contribution in [2.24, 2.45) is 5.73 Å². The summed E-state index contributed by atoms with van der Waals surface area (Å²) in [5.41, 5.74) is 6.71. The Kier molecular flexibility index (Phi) is 6.32. The summed E-state index contributed by atoms with van der Waals surface area (Å²) in [4.78, 5) is 24.2. The Bertz CT molecular complexity index is 785. The van der Waals surface area contributed by atoms with E-state index >= 15 is 0 Å². The summed E-state index contributed by atoms with van der Waals surface area (Å²) >= 11 is 0. The average Bonchev–Trinajstić information content (AvgIpc) is 2.62. The van der Waals surface area contributed by atoms with Crippen molar-refractivity contribution >= 4 is 23.5 Å². The van der Waals surface area contributed by atoms with Crippen LogP contribution in [0.4, 0.5) is 5.69 Å². The Morgan fingerprint density at radius 3 is 2.19 bits per heavy atom. The van der Waals surface area contributed by atoms with Gasteiger partial charge >= 0.3 is 5.97 Å². The number of rotatable bonds is 6. The van der Waals surface area contributed by atoms with E-state index in [-0.39, 0.29) is 17.9 Å². The highest BCUT2D eigenvalue weighted by Gasteiger charge is 2.11. The zero-order chi connectivity index (χ0) is 19.1. The Labute approximate surface area is 152 Å². The molecule has 0 aliphatic heterocycles. The molecule has 26 heavy (non-hydrogen) atoms. The molecule has 0 aliphatic rings. The van der Waals surface area contributed by atoms with Gasteiger partial charge < -0.3 is 21.1 Å². The van der Waals surface area contributed by atoms with Crippen LogP contribution in [-0.2, 0) is 0 Å². The summed E-state index contributed by atoms with van der Waals surface area (Å²) in [6, 6.07) is 12.9. The van der Waals surface area contributed by atoms with Gasteiger partial charge in [0.25, 0.3) is 5.91 Å². The number of esters is 1. The number of nitrogens with two attached hydrogens (primary N) is 1. The molecule has 0 aromatic heterocycles. The van der Waals surface area contributed by atoms with Gasteiger partial charge in [0.15, 0.2) is 5.96 Å². The molecule has 0 bridgehead atoms. The zero-order valence-corrected chi connectivity index (χ0v) is 14.7. The lowest BCUT2D eigenvalue weighted by Crippen LogP contribution is -2.31. The smallest absolute Gasteiger partial charge is 0.343 e. The van der Waals surface area contributed by atoms with Crippen LogP contribution in [0.3, 0.4) is 0 Å². The summed E-state index contributed by atoms with van der Waals surface area (Å²) in [6.45, 7) is 3.93. The summed E-state index contributed by atoms with van der Waals surface area (Å²) in [5, 5.41) is 12.7. The number of carbonyl (C=O) groups is 2. The van der Waals surface area contributed by atoms with E-state index in [1.807, 2.05) is 13.8 Å². The van der Waals surface area contributed by atoms with E-state index in [1.54, 1.807) is 48.5 Å². The largest absolute Gasteiger partial charge is 0.423 e. The lowest BCUT2D eigenvalue weighted by atomic mass is 10.1. The minimum atomic E-state index is -0.517. The van der Waals surface area contributed by atoms with Crippen LogP contribution < -0.4 is 21.1 Å². The molecule has 1 amide bonds. The highest BCUT2D eigenvalue weighted by atomic mass is 16.5. The molecule has 2 rings (SSSR count). The summed E-state index contributed by atoms with van der Waals surface area (Å²) in [5.74, 6) is -0.513. The predicted molar refractivity (Wildman–Crippen MR) is 101 cm³/mol. The molecule has 2 aromatic rings. The fourth-order valence-electron chi connectivity index (χ4n) is 2.09. The fourth-order valence-corrected chi connectivity index (χ4v) is 2.09. The van der Waals surface area contributed by atoms with Crippen molar-refractivity contribution in [2.45, 2.75) is 26.3 Å². The van der Waals surface area contributed by atoms with Crippen molar-refractivity contribution in [2.75, 3.05) is 5.32 Å². The SMILES string of the molecule is CCC(C)NC(=O)c1ccc(OC(=O)c2ccc(NC(=N)N)cc2)cc1. The number of hydrogen-bond acceptors (Lipinski definition) is 4. The Hall–Kier alpha value is -3.35. The normalized spacial score (nSPS) is 11.3. The van der Waals surface area contributed by atoms with E-state index in [0.29, 0.717) is 22.6 Å². The third-order valence-corrected chi connectivity index (χ3v) is 3.72. The maximum atomic E-state index is 12.2. The van der Waals surface area contributed by atoms with Crippen LogP contribution in [0.15, 0.2) is 48.5 Å². The molecule has 5 N–H and O–H groups in total. The Balaban J connectivity index is 1.98. The van der Waals surface area contributed by atoms with Gasteiger partial charge in [-0.05, 0) is 61.9 Å². The number of ether oxygens (including phenoxy) is 1. The number of guanidine groups is 1. The van der Waals surface area contributed by atoms with Crippen LogP contribution >= 0.6 is 0 Å². The predicted octanol–water partition coefficient (Wildman–Crippen LogP) is 2.74. The first-order chi connectivity index (χ1) is 12.4.